The van der Waals surface area contributed by atoms with E-state index in [0.717, 1.165) is 42.7 Å². The lowest BCUT2D eigenvalue weighted by atomic mass is 10.1. The van der Waals surface area contributed by atoms with Crippen molar-refractivity contribution in [3.05, 3.63) is 89.5 Å². The number of nitrogens with zero attached hydrogens (tertiary/aromatic N) is 2. The first-order valence-corrected chi connectivity index (χ1v) is 13.6. The lowest BCUT2D eigenvalue weighted by molar-refractivity contribution is -0.134. The zero-order valence-corrected chi connectivity index (χ0v) is 23.1. The predicted molar refractivity (Wildman–Crippen MR) is 158 cm³/mol. The predicted octanol–water partition coefficient (Wildman–Crippen LogP) is 4.44. The summed E-state index contributed by atoms with van der Waals surface area (Å²) in [7, 11) is 0. The van der Waals surface area contributed by atoms with Gasteiger partial charge in [-0.2, -0.15) is 0 Å². The van der Waals surface area contributed by atoms with Crippen LogP contribution in [0, 0.1) is 6.92 Å². The van der Waals surface area contributed by atoms with Crippen molar-refractivity contribution in [3.8, 4) is 0 Å². The van der Waals surface area contributed by atoms with Gasteiger partial charge in [0.15, 0.2) is 0 Å². The van der Waals surface area contributed by atoms with Crippen molar-refractivity contribution in [1.29, 1.82) is 0 Å². The number of likely N-dealkylation sites (tertiary alicyclic amines) is 1. The van der Waals surface area contributed by atoms with Crippen LogP contribution in [0.2, 0.25) is 0 Å². The van der Waals surface area contributed by atoms with Gasteiger partial charge in [0.2, 0.25) is 11.8 Å². The van der Waals surface area contributed by atoms with Crippen LogP contribution in [0.25, 0.3) is 0 Å². The van der Waals surface area contributed by atoms with Crippen molar-refractivity contribution in [2.24, 2.45) is 0 Å². The number of anilines is 3. The highest BCUT2D eigenvalue weighted by atomic mass is 16.4. The van der Waals surface area contributed by atoms with Gasteiger partial charge >= 0.3 is 12.0 Å². The summed E-state index contributed by atoms with van der Waals surface area (Å²) in [6, 6.07) is 20.1. The van der Waals surface area contributed by atoms with Crippen molar-refractivity contribution in [3.63, 3.8) is 0 Å². The number of carbonyl (C=O) groups excluding carboxylic acids is 3. The Hall–Kier alpha value is -4.70. The zero-order chi connectivity index (χ0) is 29.2. The number of amides is 4. The Morgan fingerprint density at radius 3 is 2.12 bits per heavy atom. The molecule has 0 unspecified atom stereocenters. The van der Waals surface area contributed by atoms with E-state index in [4.69, 9.17) is 5.11 Å². The minimum absolute atomic E-state index is 0.107. The smallest absolute Gasteiger partial charge is 0.335 e. The fourth-order valence-electron chi connectivity index (χ4n) is 4.62. The summed E-state index contributed by atoms with van der Waals surface area (Å²) in [5.41, 5.74) is 3.61. The molecule has 10 heteroatoms. The third-order valence-corrected chi connectivity index (χ3v) is 6.95. The van der Waals surface area contributed by atoms with E-state index in [1.54, 1.807) is 29.2 Å². The Balaban J connectivity index is 1.34. The Labute approximate surface area is 239 Å². The molecule has 4 amide bonds. The SMILES string of the molecule is Cc1ccccc1NC(=O)Nc1ccc(CC(=O)N(CCN2CCCC2)CC(=O)Nc2ccc(C(=O)O)cc2)cc1. The van der Waals surface area contributed by atoms with Gasteiger partial charge in [0.1, 0.15) is 0 Å². The van der Waals surface area contributed by atoms with Gasteiger partial charge in [-0.1, -0.05) is 30.3 Å². The van der Waals surface area contributed by atoms with Crippen LogP contribution in [0.15, 0.2) is 72.8 Å². The van der Waals surface area contributed by atoms with Crippen molar-refractivity contribution in [2.45, 2.75) is 26.2 Å². The first-order valence-electron chi connectivity index (χ1n) is 13.6. The second-order valence-corrected chi connectivity index (χ2v) is 10.1. The van der Waals surface area contributed by atoms with E-state index in [9.17, 15) is 19.2 Å². The van der Waals surface area contributed by atoms with Crippen LogP contribution in [0.4, 0.5) is 21.9 Å². The zero-order valence-electron chi connectivity index (χ0n) is 23.1. The number of carboxylic acid groups (broad SMARTS) is 1. The van der Waals surface area contributed by atoms with Crippen LogP contribution in [0.3, 0.4) is 0 Å². The highest BCUT2D eigenvalue weighted by Crippen LogP contribution is 2.16. The summed E-state index contributed by atoms with van der Waals surface area (Å²) in [6.45, 7) is 4.87. The summed E-state index contributed by atoms with van der Waals surface area (Å²) in [4.78, 5) is 53.4. The number of nitrogens with one attached hydrogen (secondary N) is 3. The molecule has 1 aliphatic rings. The van der Waals surface area contributed by atoms with Crippen LogP contribution in [-0.4, -0.2) is 71.4 Å². The number of hydrogen-bond acceptors (Lipinski definition) is 5. The molecule has 0 aromatic heterocycles. The number of rotatable bonds is 11. The van der Waals surface area contributed by atoms with Gasteiger partial charge in [-0.25, -0.2) is 9.59 Å². The maximum Gasteiger partial charge on any atom is 0.335 e. The molecule has 4 rings (SSSR count). The molecule has 10 nitrogen and oxygen atoms in total. The van der Waals surface area contributed by atoms with Crippen molar-refractivity contribution in [1.82, 2.24) is 9.80 Å². The molecule has 0 radical (unpaired) electrons. The highest BCUT2D eigenvalue weighted by molar-refractivity contribution is 6.00. The average molecular weight is 558 g/mol. The topological polar surface area (TPSA) is 131 Å². The second kappa shape index (κ2) is 14.1. The third-order valence-electron chi connectivity index (χ3n) is 6.95. The number of aryl methyl sites for hydroxylation is 1. The minimum Gasteiger partial charge on any atom is -0.478 e. The van der Waals surface area contributed by atoms with Crippen LogP contribution in [-0.2, 0) is 16.0 Å². The lowest BCUT2D eigenvalue weighted by Gasteiger charge is -2.25. The molecule has 1 fully saturated rings. The van der Waals surface area contributed by atoms with Gasteiger partial charge in [-0.05, 0) is 86.4 Å². The van der Waals surface area contributed by atoms with E-state index in [0.29, 0.717) is 24.5 Å². The van der Waals surface area contributed by atoms with Crippen molar-refractivity contribution < 1.29 is 24.3 Å². The molecule has 3 aromatic rings. The maximum atomic E-state index is 13.3. The number of para-hydroxylation sites is 1. The molecule has 1 aliphatic heterocycles. The summed E-state index contributed by atoms with van der Waals surface area (Å²) in [5.74, 6) is -1.59. The van der Waals surface area contributed by atoms with Gasteiger partial charge in [0.05, 0.1) is 18.5 Å². The van der Waals surface area contributed by atoms with E-state index < -0.39 is 5.97 Å². The largest absolute Gasteiger partial charge is 0.478 e. The molecule has 41 heavy (non-hydrogen) atoms. The Bertz CT molecular complexity index is 1370. The van der Waals surface area contributed by atoms with Gasteiger partial charge in [-0.15, -0.1) is 0 Å². The lowest BCUT2D eigenvalue weighted by Crippen LogP contribution is -2.43. The van der Waals surface area contributed by atoms with Gasteiger partial charge in [-0.3, -0.25) is 9.59 Å². The van der Waals surface area contributed by atoms with Crippen LogP contribution in [0.1, 0.15) is 34.3 Å². The quantitative estimate of drug-likeness (QED) is 0.276. The number of carbonyl (C=O) groups is 4. The minimum atomic E-state index is -1.05. The summed E-state index contributed by atoms with van der Waals surface area (Å²) in [5, 5.41) is 17.4. The van der Waals surface area contributed by atoms with Crippen molar-refractivity contribution in [2.75, 3.05) is 48.7 Å². The second-order valence-electron chi connectivity index (χ2n) is 10.1. The van der Waals surface area contributed by atoms with Gasteiger partial charge in [0, 0.05) is 30.2 Å². The normalized spacial score (nSPS) is 12.9. The summed E-state index contributed by atoms with van der Waals surface area (Å²) >= 11 is 0. The van der Waals surface area contributed by atoms with E-state index in [1.165, 1.54) is 24.3 Å². The van der Waals surface area contributed by atoms with E-state index in [1.807, 2.05) is 31.2 Å². The number of aromatic carboxylic acids is 1. The molecule has 1 heterocycles. The third kappa shape index (κ3) is 8.91. The van der Waals surface area contributed by atoms with Gasteiger partial charge < -0.3 is 30.9 Å². The summed E-state index contributed by atoms with van der Waals surface area (Å²) in [6.07, 6.45) is 2.37. The fourth-order valence-corrected chi connectivity index (χ4v) is 4.62. The average Bonchev–Trinajstić information content (AvgIpc) is 3.47. The van der Waals surface area contributed by atoms with Crippen LogP contribution in [0.5, 0.6) is 0 Å². The Morgan fingerprint density at radius 1 is 0.829 bits per heavy atom. The maximum absolute atomic E-state index is 13.3. The van der Waals surface area contributed by atoms with Crippen LogP contribution >= 0.6 is 0 Å². The molecule has 0 aliphatic carbocycles. The molecule has 0 saturated carbocycles. The molecule has 0 atom stereocenters. The monoisotopic (exact) mass is 557 g/mol. The molecular formula is C31H35N5O5. The molecule has 0 bridgehead atoms. The molecule has 1 saturated heterocycles. The Morgan fingerprint density at radius 2 is 1.46 bits per heavy atom. The van der Waals surface area contributed by atoms with E-state index in [-0.39, 0.29) is 36.4 Å². The summed E-state index contributed by atoms with van der Waals surface area (Å²) < 4.78 is 0. The first kappa shape index (κ1) is 29.3. The van der Waals surface area contributed by atoms with Crippen LogP contribution < -0.4 is 16.0 Å². The molecular weight excluding hydrogens is 522 g/mol. The van der Waals surface area contributed by atoms with E-state index >= 15 is 0 Å². The highest BCUT2D eigenvalue weighted by Gasteiger charge is 2.20. The first-order chi connectivity index (χ1) is 19.8. The number of benzene rings is 3. The number of hydrogen-bond donors (Lipinski definition) is 4. The molecule has 0 spiro atoms. The fraction of sp³-hybridized carbons (Fsp3) is 0.290. The molecule has 4 N–H and O–H groups in total. The number of urea groups is 1. The number of carboxylic acids is 1. The van der Waals surface area contributed by atoms with Gasteiger partial charge in [0.25, 0.3) is 0 Å². The van der Waals surface area contributed by atoms with E-state index in [2.05, 4.69) is 20.9 Å². The van der Waals surface area contributed by atoms with Crippen molar-refractivity contribution >= 4 is 40.9 Å². The standard InChI is InChI=1S/C31H35N5O5/c1-22-6-2-3-7-27(22)34-31(41)33-26-12-8-23(9-13-26)20-29(38)36(19-18-35-16-4-5-17-35)21-28(37)32-25-14-10-24(11-15-25)30(39)40/h2-3,6-15H,4-5,16-21H2,1H3,(H,32,37)(H,39,40)(H2,33,34,41). The molecule has 214 valence electrons. The molecule has 3 aromatic carbocycles. The Kier molecular flexibility index (Phi) is 10.1.